The fraction of sp³-hybridized carbons (Fsp3) is 0.348. The predicted octanol–water partition coefficient (Wildman–Crippen LogP) is 4.16. The molecule has 1 N–H and O–H groups in total. The summed E-state index contributed by atoms with van der Waals surface area (Å²) in [6.45, 7) is 0.739. The monoisotopic (exact) mass is 491 g/mol. The molecule has 1 saturated heterocycles. The quantitative estimate of drug-likeness (QED) is 0.577. The van der Waals surface area contributed by atoms with Crippen LogP contribution in [0.2, 0.25) is 0 Å². The van der Waals surface area contributed by atoms with Gasteiger partial charge in [0.15, 0.2) is 5.43 Å². The molecule has 2 aromatic carbocycles. The second-order valence-corrected chi connectivity index (χ2v) is 8.48. The Balaban J connectivity index is 2.07. The van der Waals surface area contributed by atoms with Crippen LogP contribution in [0.15, 0.2) is 44.0 Å². The number of rotatable bonds is 5. The van der Waals surface area contributed by atoms with E-state index in [9.17, 15) is 14.3 Å². The highest BCUT2D eigenvalue weighted by molar-refractivity contribution is 9.10. The average molecular weight is 492 g/mol. The standard InChI is InChI=1S/C23H23BrFNO5/c1-26-7-6-13(16(26)11-27)21-19(29-2)10-20(30-3)22-17(28)9-18(31-23(21)22)14-8-12(25)4-5-15(14)24/h4-5,8-10,13,16,27H,6-7,11H2,1-3H3. The first-order valence-corrected chi connectivity index (χ1v) is 10.7. The van der Waals surface area contributed by atoms with E-state index in [4.69, 9.17) is 13.9 Å². The second-order valence-electron chi connectivity index (χ2n) is 7.62. The molecule has 1 aromatic heterocycles. The van der Waals surface area contributed by atoms with Crippen molar-refractivity contribution < 1.29 is 23.4 Å². The third kappa shape index (κ3) is 3.73. The number of aliphatic hydroxyl groups excluding tert-OH is 1. The van der Waals surface area contributed by atoms with Crippen molar-refractivity contribution in [2.45, 2.75) is 18.4 Å². The maximum atomic E-state index is 13.9. The van der Waals surface area contributed by atoms with Gasteiger partial charge in [0, 0.05) is 39.7 Å². The van der Waals surface area contributed by atoms with Gasteiger partial charge in [-0.25, -0.2) is 4.39 Å². The van der Waals surface area contributed by atoms with Gasteiger partial charge < -0.3 is 23.9 Å². The topological polar surface area (TPSA) is 72.1 Å². The number of aliphatic hydroxyl groups is 1. The van der Waals surface area contributed by atoms with Gasteiger partial charge in [-0.1, -0.05) is 15.9 Å². The van der Waals surface area contributed by atoms with Gasteiger partial charge in [-0.2, -0.15) is 0 Å². The van der Waals surface area contributed by atoms with Crippen molar-refractivity contribution in [3.63, 3.8) is 0 Å². The average Bonchev–Trinajstić information content (AvgIpc) is 3.13. The molecule has 164 valence electrons. The van der Waals surface area contributed by atoms with Crippen LogP contribution in [0.1, 0.15) is 17.9 Å². The fourth-order valence-corrected chi connectivity index (χ4v) is 4.85. The number of likely N-dealkylation sites (N-methyl/N-ethyl adjacent to an activating group) is 1. The van der Waals surface area contributed by atoms with E-state index < -0.39 is 5.82 Å². The van der Waals surface area contributed by atoms with Gasteiger partial charge in [0.1, 0.15) is 34.0 Å². The molecule has 0 bridgehead atoms. The van der Waals surface area contributed by atoms with E-state index in [1.165, 1.54) is 25.3 Å². The van der Waals surface area contributed by atoms with Crippen LogP contribution >= 0.6 is 15.9 Å². The zero-order chi connectivity index (χ0) is 22.3. The molecule has 8 heteroatoms. The molecule has 0 amide bonds. The Hall–Kier alpha value is -2.42. The van der Waals surface area contributed by atoms with Gasteiger partial charge in [-0.15, -0.1) is 0 Å². The zero-order valence-electron chi connectivity index (χ0n) is 17.4. The first-order chi connectivity index (χ1) is 14.9. The Morgan fingerprint density at radius 3 is 2.65 bits per heavy atom. The van der Waals surface area contributed by atoms with Crippen LogP contribution < -0.4 is 14.9 Å². The Morgan fingerprint density at radius 2 is 1.97 bits per heavy atom. The predicted molar refractivity (Wildman–Crippen MR) is 120 cm³/mol. The molecule has 0 radical (unpaired) electrons. The van der Waals surface area contributed by atoms with Crippen LogP contribution in [-0.2, 0) is 0 Å². The Labute approximate surface area is 187 Å². The Morgan fingerprint density at radius 1 is 1.23 bits per heavy atom. The third-order valence-electron chi connectivity index (χ3n) is 5.98. The van der Waals surface area contributed by atoms with Crippen molar-refractivity contribution in [3.05, 3.63) is 56.4 Å². The number of benzene rings is 2. The lowest BCUT2D eigenvalue weighted by Crippen LogP contribution is -2.32. The van der Waals surface area contributed by atoms with Crippen LogP contribution in [-0.4, -0.2) is 50.5 Å². The molecular weight excluding hydrogens is 469 g/mol. The normalized spacial score (nSPS) is 19.2. The summed E-state index contributed by atoms with van der Waals surface area (Å²) in [7, 11) is 4.97. The van der Waals surface area contributed by atoms with E-state index in [0.29, 0.717) is 38.1 Å². The van der Waals surface area contributed by atoms with Crippen molar-refractivity contribution in [2.75, 3.05) is 34.4 Å². The zero-order valence-corrected chi connectivity index (χ0v) is 19.0. The Bertz CT molecular complexity index is 1190. The number of halogens is 2. The number of hydrogen-bond acceptors (Lipinski definition) is 6. The van der Waals surface area contributed by atoms with Crippen molar-refractivity contribution >= 4 is 26.9 Å². The van der Waals surface area contributed by atoms with E-state index in [1.54, 1.807) is 19.2 Å². The minimum Gasteiger partial charge on any atom is -0.496 e. The molecule has 6 nitrogen and oxygen atoms in total. The number of likely N-dealkylation sites (tertiary alicyclic amines) is 1. The summed E-state index contributed by atoms with van der Waals surface area (Å²) in [5, 5.41) is 10.3. The highest BCUT2D eigenvalue weighted by Gasteiger charge is 2.37. The summed E-state index contributed by atoms with van der Waals surface area (Å²) in [5.74, 6) is 0.519. The Kier molecular flexibility index (Phi) is 6.05. The summed E-state index contributed by atoms with van der Waals surface area (Å²) in [6, 6.07) is 7.07. The van der Waals surface area contributed by atoms with Gasteiger partial charge in [-0.05, 0) is 38.2 Å². The highest BCUT2D eigenvalue weighted by atomic mass is 79.9. The lowest BCUT2D eigenvalue weighted by Gasteiger charge is -2.25. The van der Waals surface area contributed by atoms with Crippen molar-refractivity contribution in [1.82, 2.24) is 4.90 Å². The minimum absolute atomic E-state index is 0.0444. The van der Waals surface area contributed by atoms with E-state index in [2.05, 4.69) is 20.8 Å². The van der Waals surface area contributed by atoms with Gasteiger partial charge in [0.25, 0.3) is 0 Å². The molecule has 0 aliphatic carbocycles. The van der Waals surface area contributed by atoms with Crippen LogP contribution in [0.5, 0.6) is 11.5 Å². The van der Waals surface area contributed by atoms with Gasteiger partial charge in [0.05, 0.1) is 20.8 Å². The number of fused-ring (bicyclic) bond motifs is 1. The molecule has 2 atom stereocenters. The van der Waals surface area contributed by atoms with Crippen molar-refractivity contribution in [2.24, 2.45) is 0 Å². The van der Waals surface area contributed by atoms with Gasteiger partial charge in [-0.3, -0.25) is 4.79 Å². The third-order valence-corrected chi connectivity index (χ3v) is 6.67. The van der Waals surface area contributed by atoms with Crippen LogP contribution in [0.25, 0.3) is 22.3 Å². The smallest absolute Gasteiger partial charge is 0.197 e. The molecular formula is C23H23BrFNO5. The number of hydrogen-bond donors (Lipinski definition) is 1. The molecule has 2 heterocycles. The van der Waals surface area contributed by atoms with Crippen molar-refractivity contribution in [3.8, 4) is 22.8 Å². The summed E-state index contributed by atoms with van der Waals surface area (Å²) in [4.78, 5) is 15.3. The molecule has 1 fully saturated rings. The second kappa shape index (κ2) is 8.61. The van der Waals surface area contributed by atoms with Crippen LogP contribution in [0, 0.1) is 5.82 Å². The molecule has 0 spiro atoms. The maximum absolute atomic E-state index is 13.9. The number of methoxy groups -OCH3 is 2. The number of ether oxygens (including phenoxy) is 2. The summed E-state index contributed by atoms with van der Waals surface area (Å²) >= 11 is 3.41. The molecule has 0 saturated carbocycles. The molecule has 1 aliphatic heterocycles. The maximum Gasteiger partial charge on any atom is 0.197 e. The SMILES string of the molecule is COc1cc(OC)c2c(=O)cc(-c3cc(F)ccc3Br)oc2c1C1CCN(C)C1CO. The summed E-state index contributed by atoms with van der Waals surface area (Å²) in [5.41, 5.74) is 1.15. The lowest BCUT2D eigenvalue weighted by molar-refractivity contribution is 0.171. The van der Waals surface area contributed by atoms with E-state index in [1.807, 2.05) is 7.05 Å². The lowest BCUT2D eigenvalue weighted by atomic mass is 9.89. The van der Waals surface area contributed by atoms with E-state index in [-0.39, 0.29) is 29.8 Å². The van der Waals surface area contributed by atoms with Crippen LogP contribution in [0.3, 0.4) is 0 Å². The summed E-state index contributed by atoms with van der Waals surface area (Å²) in [6.07, 6.45) is 0.761. The fourth-order valence-electron chi connectivity index (χ4n) is 4.41. The molecule has 2 unspecified atom stereocenters. The van der Waals surface area contributed by atoms with Crippen molar-refractivity contribution in [1.29, 1.82) is 0 Å². The van der Waals surface area contributed by atoms with E-state index in [0.717, 1.165) is 13.0 Å². The van der Waals surface area contributed by atoms with Gasteiger partial charge >= 0.3 is 0 Å². The molecule has 3 aromatic rings. The molecule has 4 rings (SSSR count). The molecule has 31 heavy (non-hydrogen) atoms. The van der Waals surface area contributed by atoms with Gasteiger partial charge in [0.2, 0.25) is 0 Å². The number of nitrogens with zero attached hydrogens (tertiary/aromatic N) is 1. The minimum atomic E-state index is -0.442. The van der Waals surface area contributed by atoms with E-state index >= 15 is 0 Å². The highest BCUT2D eigenvalue weighted by Crippen LogP contribution is 2.45. The largest absolute Gasteiger partial charge is 0.496 e. The first-order valence-electron chi connectivity index (χ1n) is 9.88. The van der Waals surface area contributed by atoms with Crippen LogP contribution in [0.4, 0.5) is 4.39 Å². The molecule has 1 aliphatic rings. The first kappa shape index (κ1) is 21.8. The summed E-state index contributed by atoms with van der Waals surface area (Å²) < 4.78 is 31.9.